The van der Waals surface area contributed by atoms with Gasteiger partial charge < -0.3 is 9.84 Å². The van der Waals surface area contributed by atoms with Gasteiger partial charge in [-0.05, 0) is 30.5 Å². The first kappa shape index (κ1) is 12.2. The maximum Gasteiger partial charge on any atom is 0.303 e. The molecular formula is C12H14O4. The zero-order valence-corrected chi connectivity index (χ0v) is 9.10. The number of carbonyl (C=O) groups is 2. The molecule has 0 unspecified atom stereocenters. The second-order valence-electron chi connectivity index (χ2n) is 3.43. The van der Waals surface area contributed by atoms with Crippen LogP contribution in [0.1, 0.15) is 28.8 Å². The van der Waals surface area contributed by atoms with Crippen LogP contribution in [-0.4, -0.2) is 24.5 Å². The summed E-state index contributed by atoms with van der Waals surface area (Å²) in [5, 5.41) is 8.51. The SMILES string of the molecule is COc1ccc(CCCC(=O)O)c(C=O)c1. The predicted octanol–water partition coefficient (Wildman–Crippen LogP) is 1.91. The van der Waals surface area contributed by atoms with Gasteiger partial charge in [-0.15, -0.1) is 0 Å². The van der Waals surface area contributed by atoms with Gasteiger partial charge in [-0.2, -0.15) is 0 Å². The number of methoxy groups -OCH3 is 1. The molecule has 0 aliphatic heterocycles. The van der Waals surface area contributed by atoms with Crippen molar-refractivity contribution in [3.05, 3.63) is 29.3 Å². The lowest BCUT2D eigenvalue weighted by Gasteiger charge is -2.06. The Balaban J connectivity index is 2.71. The fraction of sp³-hybridized carbons (Fsp3) is 0.333. The van der Waals surface area contributed by atoms with Crippen LogP contribution in [0.25, 0.3) is 0 Å². The highest BCUT2D eigenvalue weighted by atomic mass is 16.5. The van der Waals surface area contributed by atoms with Crippen molar-refractivity contribution in [2.45, 2.75) is 19.3 Å². The monoisotopic (exact) mass is 222 g/mol. The van der Waals surface area contributed by atoms with Gasteiger partial charge in [0.2, 0.25) is 0 Å². The van der Waals surface area contributed by atoms with E-state index in [-0.39, 0.29) is 6.42 Å². The van der Waals surface area contributed by atoms with Crippen LogP contribution in [0.5, 0.6) is 5.75 Å². The fourth-order valence-electron chi connectivity index (χ4n) is 1.47. The largest absolute Gasteiger partial charge is 0.497 e. The van der Waals surface area contributed by atoms with E-state index in [9.17, 15) is 9.59 Å². The zero-order chi connectivity index (χ0) is 12.0. The first-order chi connectivity index (χ1) is 7.67. The molecule has 0 saturated heterocycles. The first-order valence-corrected chi connectivity index (χ1v) is 5.01. The minimum atomic E-state index is -0.818. The molecule has 0 spiro atoms. The van der Waals surface area contributed by atoms with Crippen LogP contribution >= 0.6 is 0 Å². The van der Waals surface area contributed by atoms with Gasteiger partial charge in [0.25, 0.3) is 0 Å². The molecular weight excluding hydrogens is 208 g/mol. The van der Waals surface area contributed by atoms with Crippen LogP contribution in [0.3, 0.4) is 0 Å². The van der Waals surface area contributed by atoms with E-state index in [0.29, 0.717) is 24.2 Å². The molecule has 0 aromatic heterocycles. The van der Waals surface area contributed by atoms with Crippen molar-refractivity contribution >= 4 is 12.3 Å². The Labute approximate surface area is 93.9 Å². The number of hydrogen-bond acceptors (Lipinski definition) is 3. The molecule has 1 rings (SSSR count). The van der Waals surface area contributed by atoms with Crippen LogP contribution in [0.15, 0.2) is 18.2 Å². The maximum atomic E-state index is 10.8. The summed E-state index contributed by atoms with van der Waals surface area (Å²) < 4.78 is 5.00. The third kappa shape index (κ3) is 3.38. The zero-order valence-electron chi connectivity index (χ0n) is 9.10. The van der Waals surface area contributed by atoms with Crippen molar-refractivity contribution in [2.75, 3.05) is 7.11 Å². The Hall–Kier alpha value is -1.84. The molecule has 0 aliphatic rings. The number of aryl methyl sites for hydroxylation is 1. The van der Waals surface area contributed by atoms with E-state index in [0.717, 1.165) is 11.8 Å². The summed E-state index contributed by atoms with van der Waals surface area (Å²) in [6.07, 6.45) is 2.00. The molecule has 1 aromatic carbocycles. The summed E-state index contributed by atoms with van der Waals surface area (Å²) in [5.41, 5.74) is 1.42. The van der Waals surface area contributed by atoms with Crippen molar-refractivity contribution < 1.29 is 19.4 Å². The molecule has 0 fully saturated rings. The highest BCUT2D eigenvalue weighted by Gasteiger charge is 2.05. The fourth-order valence-corrected chi connectivity index (χ4v) is 1.47. The lowest BCUT2D eigenvalue weighted by molar-refractivity contribution is -0.137. The minimum absolute atomic E-state index is 0.115. The van der Waals surface area contributed by atoms with E-state index in [4.69, 9.17) is 9.84 Å². The summed E-state index contributed by atoms with van der Waals surface area (Å²) >= 11 is 0. The molecule has 0 bridgehead atoms. The van der Waals surface area contributed by atoms with Gasteiger partial charge in [0.1, 0.15) is 12.0 Å². The van der Waals surface area contributed by atoms with E-state index in [1.165, 1.54) is 7.11 Å². The topological polar surface area (TPSA) is 63.6 Å². The molecule has 86 valence electrons. The van der Waals surface area contributed by atoms with Crippen molar-refractivity contribution in [2.24, 2.45) is 0 Å². The highest BCUT2D eigenvalue weighted by Crippen LogP contribution is 2.18. The standard InChI is InChI=1S/C12H14O4/c1-16-11-6-5-9(10(7-11)8-13)3-2-4-12(14)15/h5-8H,2-4H2,1H3,(H,14,15). The van der Waals surface area contributed by atoms with Crippen molar-refractivity contribution in [1.29, 1.82) is 0 Å². The van der Waals surface area contributed by atoms with E-state index < -0.39 is 5.97 Å². The molecule has 0 saturated carbocycles. The molecule has 0 aliphatic carbocycles. The van der Waals surface area contributed by atoms with Gasteiger partial charge in [0, 0.05) is 12.0 Å². The van der Waals surface area contributed by atoms with Gasteiger partial charge >= 0.3 is 5.97 Å². The quantitative estimate of drug-likeness (QED) is 0.747. The Kier molecular flexibility index (Phi) is 4.51. The van der Waals surface area contributed by atoms with Crippen LogP contribution in [-0.2, 0) is 11.2 Å². The lowest BCUT2D eigenvalue weighted by Crippen LogP contribution is -1.98. The summed E-state index contributed by atoms with van der Waals surface area (Å²) in [6, 6.07) is 5.22. The molecule has 4 nitrogen and oxygen atoms in total. The first-order valence-electron chi connectivity index (χ1n) is 5.01. The molecule has 0 atom stereocenters. The Bertz CT molecular complexity index is 385. The van der Waals surface area contributed by atoms with Gasteiger partial charge in [-0.25, -0.2) is 0 Å². The second kappa shape index (κ2) is 5.90. The number of aliphatic carboxylic acids is 1. The van der Waals surface area contributed by atoms with Crippen molar-refractivity contribution in [1.82, 2.24) is 0 Å². The Morgan fingerprint density at radius 1 is 1.50 bits per heavy atom. The highest BCUT2D eigenvalue weighted by molar-refractivity contribution is 5.78. The molecule has 16 heavy (non-hydrogen) atoms. The molecule has 0 radical (unpaired) electrons. The Morgan fingerprint density at radius 3 is 2.81 bits per heavy atom. The van der Waals surface area contributed by atoms with Crippen LogP contribution in [0.2, 0.25) is 0 Å². The maximum absolute atomic E-state index is 10.8. The number of rotatable bonds is 6. The average Bonchev–Trinajstić information content (AvgIpc) is 2.29. The predicted molar refractivity (Wildman–Crippen MR) is 59.0 cm³/mol. The third-order valence-corrected chi connectivity index (χ3v) is 2.32. The summed E-state index contributed by atoms with van der Waals surface area (Å²) in [7, 11) is 1.54. The van der Waals surface area contributed by atoms with Gasteiger partial charge in [0.15, 0.2) is 0 Å². The second-order valence-corrected chi connectivity index (χ2v) is 3.43. The van der Waals surface area contributed by atoms with Crippen molar-refractivity contribution in [3.63, 3.8) is 0 Å². The Morgan fingerprint density at radius 2 is 2.25 bits per heavy atom. The number of aldehydes is 1. The summed E-state index contributed by atoms with van der Waals surface area (Å²) in [5.74, 6) is -0.190. The number of hydrogen-bond donors (Lipinski definition) is 1. The number of benzene rings is 1. The van der Waals surface area contributed by atoms with Crippen LogP contribution < -0.4 is 4.74 Å². The number of carbonyl (C=O) groups excluding carboxylic acids is 1. The van der Waals surface area contributed by atoms with E-state index in [2.05, 4.69) is 0 Å². The van der Waals surface area contributed by atoms with Crippen LogP contribution in [0.4, 0.5) is 0 Å². The smallest absolute Gasteiger partial charge is 0.303 e. The van der Waals surface area contributed by atoms with Crippen LogP contribution in [0, 0.1) is 0 Å². The van der Waals surface area contributed by atoms with Gasteiger partial charge in [-0.1, -0.05) is 6.07 Å². The molecule has 0 heterocycles. The van der Waals surface area contributed by atoms with Gasteiger partial charge in [-0.3, -0.25) is 9.59 Å². The van der Waals surface area contributed by atoms with E-state index in [1.54, 1.807) is 18.2 Å². The van der Waals surface area contributed by atoms with Gasteiger partial charge in [0.05, 0.1) is 7.11 Å². The number of carboxylic acids is 1. The minimum Gasteiger partial charge on any atom is -0.497 e. The summed E-state index contributed by atoms with van der Waals surface area (Å²) in [6.45, 7) is 0. The molecule has 1 aromatic rings. The van der Waals surface area contributed by atoms with Crippen molar-refractivity contribution in [3.8, 4) is 5.75 Å². The van der Waals surface area contributed by atoms with E-state index >= 15 is 0 Å². The third-order valence-electron chi connectivity index (χ3n) is 2.32. The summed E-state index contributed by atoms with van der Waals surface area (Å²) in [4.78, 5) is 21.2. The van der Waals surface area contributed by atoms with E-state index in [1.807, 2.05) is 0 Å². The molecule has 1 N–H and O–H groups in total. The molecule has 4 heteroatoms. The average molecular weight is 222 g/mol. The number of carboxylic acid groups (broad SMARTS) is 1. The normalized spacial score (nSPS) is 9.81. The molecule has 0 amide bonds. The lowest BCUT2D eigenvalue weighted by atomic mass is 10.0. The number of ether oxygens (including phenoxy) is 1.